The fourth-order valence-electron chi connectivity index (χ4n) is 2.08. The number of nitrogens with one attached hydrogen (secondary N) is 1. The Morgan fingerprint density at radius 3 is 2.61 bits per heavy atom. The van der Waals surface area contributed by atoms with E-state index in [1.807, 2.05) is 0 Å². The predicted molar refractivity (Wildman–Crippen MR) is 84.3 cm³/mol. The molecule has 0 atom stereocenters. The van der Waals surface area contributed by atoms with Crippen molar-refractivity contribution in [3.63, 3.8) is 0 Å². The minimum atomic E-state index is -3.81. The third-order valence-corrected chi connectivity index (χ3v) is 4.79. The minimum absolute atomic E-state index is 0.0509. The number of hydrogen-bond donors (Lipinski definition) is 2. The average molecular weight is 346 g/mol. The normalized spacial score (nSPS) is 17.2. The van der Waals surface area contributed by atoms with Crippen LogP contribution in [0.1, 0.15) is 26.7 Å². The maximum atomic E-state index is 14.1. The molecule has 0 unspecified atom stereocenters. The first-order chi connectivity index (χ1) is 10.7. The second-order valence-corrected chi connectivity index (χ2v) is 8.10. The van der Waals surface area contributed by atoms with E-state index < -0.39 is 21.4 Å². The molecule has 0 aromatic heterocycles. The van der Waals surface area contributed by atoms with Crippen LogP contribution in [0.4, 0.5) is 4.39 Å². The maximum absolute atomic E-state index is 14.1. The summed E-state index contributed by atoms with van der Waals surface area (Å²) in [5.74, 6) is -0.651. The van der Waals surface area contributed by atoms with E-state index in [9.17, 15) is 12.8 Å². The predicted octanol–water partition coefficient (Wildman–Crippen LogP) is 1.40. The Balaban J connectivity index is 2.08. The number of hydrogen-bond acceptors (Lipinski definition) is 5. The lowest BCUT2D eigenvalue weighted by molar-refractivity contribution is 0.0240. The van der Waals surface area contributed by atoms with E-state index in [1.54, 1.807) is 13.8 Å². The van der Waals surface area contributed by atoms with Crippen LogP contribution in [0.2, 0.25) is 0 Å². The van der Waals surface area contributed by atoms with Gasteiger partial charge in [0.2, 0.25) is 10.0 Å². The van der Waals surface area contributed by atoms with Crippen molar-refractivity contribution in [2.75, 3.05) is 19.8 Å². The van der Waals surface area contributed by atoms with E-state index >= 15 is 0 Å². The Hall–Kier alpha value is -1.22. The van der Waals surface area contributed by atoms with Gasteiger partial charge in [0.05, 0.1) is 18.1 Å². The third kappa shape index (κ3) is 5.42. The van der Waals surface area contributed by atoms with Gasteiger partial charge in [0, 0.05) is 24.9 Å². The van der Waals surface area contributed by atoms with Gasteiger partial charge in [-0.2, -0.15) is 0 Å². The second-order valence-electron chi connectivity index (χ2n) is 6.33. The first kappa shape index (κ1) is 18.1. The van der Waals surface area contributed by atoms with Crippen molar-refractivity contribution in [1.82, 2.24) is 4.72 Å². The van der Waals surface area contributed by atoms with Gasteiger partial charge in [0.1, 0.15) is 6.10 Å². The summed E-state index contributed by atoms with van der Waals surface area (Å²) in [6.45, 7) is 4.61. The molecule has 1 saturated heterocycles. The molecule has 1 heterocycles. The van der Waals surface area contributed by atoms with Gasteiger partial charge in [0.15, 0.2) is 11.6 Å². The van der Waals surface area contributed by atoms with Crippen molar-refractivity contribution in [2.24, 2.45) is 5.73 Å². The monoisotopic (exact) mass is 346 g/mol. The lowest BCUT2D eigenvalue weighted by atomic mass is 10.1. The van der Waals surface area contributed by atoms with Crippen molar-refractivity contribution in [3.05, 3.63) is 24.0 Å². The number of sulfonamides is 1. The van der Waals surface area contributed by atoms with Crippen LogP contribution < -0.4 is 15.2 Å². The van der Waals surface area contributed by atoms with Gasteiger partial charge in [-0.3, -0.25) is 0 Å². The summed E-state index contributed by atoms with van der Waals surface area (Å²) in [5.41, 5.74) is 5.05. The minimum Gasteiger partial charge on any atom is -0.487 e. The van der Waals surface area contributed by atoms with Crippen LogP contribution in [0.3, 0.4) is 0 Å². The Morgan fingerprint density at radius 2 is 2.04 bits per heavy atom. The van der Waals surface area contributed by atoms with Gasteiger partial charge in [-0.25, -0.2) is 17.5 Å². The molecule has 0 aliphatic carbocycles. The zero-order valence-corrected chi connectivity index (χ0v) is 14.2. The van der Waals surface area contributed by atoms with Crippen LogP contribution in [0.5, 0.6) is 5.75 Å². The van der Waals surface area contributed by atoms with Crippen LogP contribution in [0, 0.1) is 5.82 Å². The highest BCUT2D eigenvalue weighted by Crippen LogP contribution is 2.24. The van der Waals surface area contributed by atoms with Gasteiger partial charge in [0.25, 0.3) is 0 Å². The van der Waals surface area contributed by atoms with Crippen LogP contribution in [0.15, 0.2) is 23.1 Å². The molecule has 1 aliphatic heterocycles. The molecule has 23 heavy (non-hydrogen) atoms. The molecular weight excluding hydrogens is 323 g/mol. The van der Waals surface area contributed by atoms with Gasteiger partial charge >= 0.3 is 0 Å². The van der Waals surface area contributed by atoms with Crippen molar-refractivity contribution in [2.45, 2.75) is 43.2 Å². The van der Waals surface area contributed by atoms with E-state index in [1.165, 1.54) is 12.1 Å². The van der Waals surface area contributed by atoms with E-state index in [4.69, 9.17) is 15.2 Å². The van der Waals surface area contributed by atoms with Crippen molar-refractivity contribution >= 4 is 10.0 Å². The third-order valence-electron chi connectivity index (χ3n) is 3.39. The largest absolute Gasteiger partial charge is 0.487 e. The molecule has 0 amide bonds. The molecule has 3 N–H and O–H groups in total. The molecule has 0 saturated carbocycles. The second kappa shape index (κ2) is 7.12. The molecule has 8 heteroatoms. The Bertz CT molecular complexity index is 637. The summed E-state index contributed by atoms with van der Waals surface area (Å²) in [6.07, 6.45) is 1.26. The van der Waals surface area contributed by atoms with E-state index in [0.29, 0.717) is 26.1 Å². The van der Waals surface area contributed by atoms with Crippen LogP contribution >= 0.6 is 0 Å². The van der Waals surface area contributed by atoms with E-state index in [-0.39, 0.29) is 23.3 Å². The number of nitrogens with two attached hydrogens (primary N) is 1. The average Bonchev–Trinajstić information content (AvgIpc) is 2.48. The molecule has 1 aliphatic rings. The van der Waals surface area contributed by atoms with Crippen LogP contribution in [0.25, 0.3) is 0 Å². The van der Waals surface area contributed by atoms with E-state index in [2.05, 4.69) is 4.72 Å². The Labute approximate surface area is 136 Å². The topological polar surface area (TPSA) is 90.7 Å². The van der Waals surface area contributed by atoms with Crippen LogP contribution in [-0.2, 0) is 14.8 Å². The smallest absolute Gasteiger partial charge is 0.240 e. The molecule has 2 rings (SSSR count). The summed E-state index contributed by atoms with van der Waals surface area (Å²) in [6, 6.07) is 3.62. The molecule has 0 radical (unpaired) electrons. The zero-order chi connectivity index (χ0) is 17.1. The quantitative estimate of drug-likeness (QED) is 0.812. The van der Waals surface area contributed by atoms with Gasteiger partial charge in [-0.15, -0.1) is 0 Å². The van der Waals surface area contributed by atoms with Crippen molar-refractivity contribution in [3.8, 4) is 5.75 Å². The molecule has 0 bridgehead atoms. The van der Waals surface area contributed by atoms with Crippen molar-refractivity contribution < 1.29 is 22.3 Å². The van der Waals surface area contributed by atoms with Gasteiger partial charge in [-0.05, 0) is 32.0 Å². The zero-order valence-electron chi connectivity index (χ0n) is 13.3. The molecule has 130 valence electrons. The number of ether oxygens (including phenoxy) is 2. The molecule has 1 aromatic rings. The summed E-state index contributed by atoms with van der Waals surface area (Å²) < 4.78 is 51.6. The Kier molecular flexibility index (Phi) is 5.61. The fourth-order valence-corrected chi connectivity index (χ4v) is 3.32. The summed E-state index contributed by atoms with van der Waals surface area (Å²) in [4.78, 5) is -0.154. The molecular formula is C15H23FN2O4S. The highest BCUT2D eigenvalue weighted by atomic mass is 32.2. The number of rotatable bonds is 6. The molecule has 1 aromatic carbocycles. The lowest BCUT2D eigenvalue weighted by Gasteiger charge is -2.23. The first-order valence-electron chi connectivity index (χ1n) is 7.50. The summed E-state index contributed by atoms with van der Waals surface area (Å²) >= 11 is 0. The van der Waals surface area contributed by atoms with Gasteiger partial charge in [-0.1, -0.05) is 0 Å². The summed E-state index contributed by atoms with van der Waals surface area (Å²) in [5, 5.41) is 0. The maximum Gasteiger partial charge on any atom is 0.240 e. The fraction of sp³-hybridized carbons (Fsp3) is 0.600. The van der Waals surface area contributed by atoms with Crippen LogP contribution in [-0.4, -0.2) is 39.8 Å². The standard InChI is InChI=1S/C15H23FN2O4S/c1-15(2,17)10-18-23(19,20)12-3-4-14(13(16)9-12)22-11-5-7-21-8-6-11/h3-4,9,11,18H,5-8,10,17H2,1-2H3. The summed E-state index contributed by atoms with van der Waals surface area (Å²) in [7, 11) is -3.81. The van der Waals surface area contributed by atoms with Gasteiger partial charge < -0.3 is 15.2 Å². The molecule has 0 spiro atoms. The number of benzene rings is 1. The van der Waals surface area contributed by atoms with Crippen molar-refractivity contribution in [1.29, 1.82) is 0 Å². The SMILES string of the molecule is CC(C)(N)CNS(=O)(=O)c1ccc(OC2CCOCC2)c(F)c1. The Morgan fingerprint density at radius 1 is 1.39 bits per heavy atom. The first-order valence-corrected chi connectivity index (χ1v) is 8.98. The number of halogens is 1. The molecule has 6 nitrogen and oxygen atoms in total. The highest BCUT2D eigenvalue weighted by Gasteiger charge is 2.22. The lowest BCUT2D eigenvalue weighted by Crippen LogP contribution is -2.45. The van der Waals surface area contributed by atoms with E-state index in [0.717, 1.165) is 6.07 Å². The highest BCUT2D eigenvalue weighted by molar-refractivity contribution is 7.89. The molecule has 1 fully saturated rings.